The zero-order valence-electron chi connectivity index (χ0n) is 16.6. The molecule has 6 rings (SSSR count). The van der Waals surface area contributed by atoms with E-state index in [4.69, 9.17) is 0 Å². The van der Waals surface area contributed by atoms with E-state index in [-0.39, 0.29) is 5.41 Å². The van der Waals surface area contributed by atoms with Crippen molar-refractivity contribution in [3.63, 3.8) is 0 Å². The lowest BCUT2D eigenvalue weighted by Gasteiger charge is -2.61. The van der Waals surface area contributed by atoms with Crippen LogP contribution in [0.4, 0.5) is 0 Å². The molecule has 146 valence electrons. The molecule has 0 spiro atoms. The van der Waals surface area contributed by atoms with Crippen molar-refractivity contribution < 1.29 is 4.79 Å². The molecule has 4 nitrogen and oxygen atoms in total. The summed E-state index contributed by atoms with van der Waals surface area (Å²) in [6.45, 7) is 9.05. The van der Waals surface area contributed by atoms with Crippen LogP contribution in [0.2, 0.25) is 0 Å². The van der Waals surface area contributed by atoms with E-state index < -0.39 is 0 Å². The quantitative estimate of drug-likeness (QED) is 0.869. The van der Waals surface area contributed by atoms with Gasteiger partial charge in [-0.15, -0.1) is 0 Å². The first-order valence-electron chi connectivity index (χ1n) is 10.8. The second-order valence-corrected chi connectivity index (χ2v) is 10.2. The fraction of sp³-hybridized carbons (Fsp3) is 0.696. The standard InChI is InChI=1S/C23H33N3O/c1-22-11-19-12-23(15-22,17-26(13-19)16-22)21(27)24-20-8-10-25(14-20)9-7-18-5-3-2-4-6-18/h2-6,19-20H,7-17H2,1H3,(H,24,27). The first kappa shape index (κ1) is 17.7. The Hall–Kier alpha value is -1.39. The second kappa shape index (κ2) is 6.59. The zero-order valence-corrected chi connectivity index (χ0v) is 16.6. The molecule has 4 saturated heterocycles. The minimum absolute atomic E-state index is 0.106. The average Bonchev–Trinajstić information content (AvgIpc) is 3.06. The third kappa shape index (κ3) is 3.42. The second-order valence-electron chi connectivity index (χ2n) is 10.2. The van der Waals surface area contributed by atoms with Crippen LogP contribution >= 0.6 is 0 Å². The predicted molar refractivity (Wildman–Crippen MR) is 107 cm³/mol. The molecule has 5 fully saturated rings. The molecule has 4 heteroatoms. The first-order valence-corrected chi connectivity index (χ1v) is 10.8. The van der Waals surface area contributed by atoms with Crippen molar-refractivity contribution in [1.82, 2.24) is 15.1 Å². The van der Waals surface area contributed by atoms with E-state index in [9.17, 15) is 4.79 Å². The lowest BCUT2D eigenvalue weighted by atomic mass is 9.53. The van der Waals surface area contributed by atoms with Crippen molar-refractivity contribution in [2.75, 3.05) is 39.3 Å². The average molecular weight is 368 g/mol. The summed E-state index contributed by atoms with van der Waals surface area (Å²) in [5, 5.41) is 3.47. The van der Waals surface area contributed by atoms with Crippen molar-refractivity contribution >= 4 is 5.91 Å². The molecule has 5 aliphatic rings. The summed E-state index contributed by atoms with van der Waals surface area (Å²) in [4.78, 5) is 18.4. The highest BCUT2D eigenvalue weighted by Gasteiger charge is 2.58. The lowest BCUT2D eigenvalue weighted by Crippen LogP contribution is -2.67. The van der Waals surface area contributed by atoms with Gasteiger partial charge in [0, 0.05) is 45.3 Å². The van der Waals surface area contributed by atoms with Gasteiger partial charge in [0.05, 0.1) is 5.41 Å². The number of likely N-dealkylation sites (tertiary alicyclic amines) is 1. The van der Waals surface area contributed by atoms with Crippen molar-refractivity contribution in [3.05, 3.63) is 35.9 Å². The fourth-order valence-corrected chi connectivity index (χ4v) is 6.84. The van der Waals surface area contributed by atoms with Crippen LogP contribution in [-0.2, 0) is 11.2 Å². The fourth-order valence-electron chi connectivity index (χ4n) is 6.84. The smallest absolute Gasteiger partial charge is 0.227 e. The van der Waals surface area contributed by atoms with Gasteiger partial charge in [-0.25, -0.2) is 0 Å². The van der Waals surface area contributed by atoms with Crippen LogP contribution in [0.25, 0.3) is 0 Å². The number of benzene rings is 1. The van der Waals surface area contributed by atoms with Gasteiger partial charge in [-0.1, -0.05) is 37.3 Å². The van der Waals surface area contributed by atoms with Crippen LogP contribution in [0.1, 0.15) is 38.2 Å². The van der Waals surface area contributed by atoms with Gasteiger partial charge < -0.3 is 15.1 Å². The molecule has 4 bridgehead atoms. The van der Waals surface area contributed by atoms with Gasteiger partial charge in [-0.2, -0.15) is 0 Å². The highest BCUT2D eigenvalue weighted by Crippen LogP contribution is 2.56. The molecular formula is C23H33N3O. The topological polar surface area (TPSA) is 35.6 Å². The summed E-state index contributed by atoms with van der Waals surface area (Å²) in [5.74, 6) is 1.10. The van der Waals surface area contributed by atoms with Crippen molar-refractivity contribution in [1.29, 1.82) is 0 Å². The maximum Gasteiger partial charge on any atom is 0.227 e. The molecule has 5 unspecified atom stereocenters. The number of hydrogen-bond acceptors (Lipinski definition) is 3. The summed E-state index contributed by atoms with van der Waals surface area (Å²) < 4.78 is 0. The van der Waals surface area contributed by atoms with Gasteiger partial charge in [0.15, 0.2) is 0 Å². The minimum Gasteiger partial charge on any atom is -0.352 e. The van der Waals surface area contributed by atoms with Crippen molar-refractivity contribution in [2.24, 2.45) is 16.7 Å². The Morgan fingerprint density at radius 1 is 1.19 bits per heavy atom. The highest BCUT2D eigenvalue weighted by atomic mass is 16.2. The minimum atomic E-state index is -0.106. The van der Waals surface area contributed by atoms with E-state index in [1.54, 1.807) is 0 Å². The Morgan fingerprint density at radius 2 is 2.04 bits per heavy atom. The molecule has 0 aromatic heterocycles. The molecule has 4 aliphatic heterocycles. The normalized spacial score (nSPS) is 40.4. The summed E-state index contributed by atoms with van der Waals surface area (Å²) in [6.07, 6.45) is 5.75. The highest BCUT2D eigenvalue weighted by molar-refractivity contribution is 5.84. The van der Waals surface area contributed by atoms with E-state index in [1.807, 2.05) is 0 Å². The predicted octanol–water partition coefficient (Wildman–Crippen LogP) is 2.54. The Kier molecular flexibility index (Phi) is 4.32. The van der Waals surface area contributed by atoms with E-state index in [2.05, 4.69) is 52.4 Å². The monoisotopic (exact) mass is 367 g/mol. The van der Waals surface area contributed by atoms with Gasteiger partial charge in [0.1, 0.15) is 0 Å². The molecule has 4 heterocycles. The molecule has 5 atom stereocenters. The van der Waals surface area contributed by atoms with Crippen LogP contribution in [0.3, 0.4) is 0 Å². The number of nitrogens with one attached hydrogen (secondary N) is 1. The van der Waals surface area contributed by atoms with Gasteiger partial charge >= 0.3 is 0 Å². The van der Waals surface area contributed by atoms with Crippen LogP contribution in [0.5, 0.6) is 0 Å². The molecule has 1 aromatic rings. The van der Waals surface area contributed by atoms with Gasteiger partial charge in [0.2, 0.25) is 5.91 Å². The number of hydrogen-bond donors (Lipinski definition) is 1. The maximum atomic E-state index is 13.3. The largest absolute Gasteiger partial charge is 0.352 e. The Morgan fingerprint density at radius 3 is 2.81 bits per heavy atom. The molecule has 1 amide bonds. The molecule has 1 saturated carbocycles. The molecule has 27 heavy (non-hydrogen) atoms. The number of piperidine rings is 3. The zero-order chi connectivity index (χ0) is 18.5. The lowest BCUT2D eigenvalue weighted by molar-refractivity contribution is -0.161. The van der Waals surface area contributed by atoms with Gasteiger partial charge in [0.25, 0.3) is 0 Å². The number of nitrogens with zero attached hydrogens (tertiary/aromatic N) is 2. The molecular weight excluding hydrogens is 334 g/mol. The first-order chi connectivity index (χ1) is 13.0. The van der Waals surface area contributed by atoms with Crippen molar-refractivity contribution in [2.45, 2.75) is 45.1 Å². The summed E-state index contributed by atoms with van der Waals surface area (Å²) >= 11 is 0. The summed E-state index contributed by atoms with van der Waals surface area (Å²) in [7, 11) is 0. The van der Waals surface area contributed by atoms with E-state index in [0.29, 0.717) is 17.4 Å². The molecule has 1 aliphatic carbocycles. The van der Waals surface area contributed by atoms with Crippen LogP contribution in [0, 0.1) is 16.7 Å². The third-order valence-corrected chi connectivity index (χ3v) is 7.52. The SMILES string of the molecule is CC12CC3CN(C1)CC(C(=O)NC1CCN(CCc4ccccc4)C1)(C3)C2. The maximum absolute atomic E-state index is 13.3. The van der Waals surface area contributed by atoms with Crippen LogP contribution < -0.4 is 5.32 Å². The number of amides is 1. The Labute approximate surface area is 163 Å². The summed E-state index contributed by atoms with van der Waals surface area (Å²) in [5.41, 5.74) is 1.67. The van der Waals surface area contributed by atoms with E-state index >= 15 is 0 Å². The molecule has 1 N–H and O–H groups in total. The van der Waals surface area contributed by atoms with E-state index in [0.717, 1.165) is 57.8 Å². The van der Waals surface area contributed by atoms with Gasteiger partial charge in [-0.3, -0.25) is 4.79 Å². The molecule has 1 aromatic carbocycles. The Balaban J connectivity index is 1.16. The van der Waals surface area contributed by atoms with E-state index in [1.165, 1.54) is 25.1 Å². The third-order valence-electron chi connectivity index (χ3n) is 7.52. The van der Waals surface area contributed by atoms with Crippen LogP contribution in [-0.4, -0.2) is 61.0 Å². The van der Waals surface area contributed by atoms with Gasteiger partial charge in [-0.05, 0) is 49.0 Å². The number of carbonyl (C=O) groups is 1. The Bertz CT molecular complexity index is 689. The number of carbonyl (C=O) groups excluding carboxylic acids is 1. The number of rotatable bonds is 5. The summed E-state index contributed by atoms with van der Waals surface area (Å²) in [6, 6.07) is 11.1. The van der Waals surface area contributed by atoms with Crippen LogP contribution in [0.15, 0.2) is 30.3 Å². The molecule has 0 radical (unpaired) electrons. The van der Waals surface area contributed by atoms with Crippen molar-refractivity contribution in [3.8, 4) is 0 Å².